The van der Waals surface area contributed by atoms with Crippen LogP contribution in [0.2, 0.25) is 0 Å². The normalized spacial score (nSPS) is 19.8. The van der Waals surface area contributed by atoms with Crippen molar-refractivity contribution in [2.75, 3.05) is 0 Å². The Morgan fingerprint density at radius 3 is 3.10 bits per heavy atom. The zero-order chi connectivity index (χ0) is 14.3. The number of thioether (sulfide) groups is 1. The summed E-state index contributed by atoms with van der Waals surface area (Å²) in [5, 5.41) is 12.2. The van der Waals surface area contributed by atoms with Gasteiger partial charge in [-0.2, -0.15) is 0 Å². The monoisotopic (exact) mass is 307 g/mol. The Kier molecular flexibility index (Phi) is 3.69. The molecule has 0 amide bonds. The van der Waals surface area contributed by atoms with E-state index >= 15 is 0 Å². The molecule has 2 heterocycles. The molecule has 4 nitrogen and oxygen atoms in total. The highest BCUT2D eigenvalue weighted by molar-refractivity contribution is 8.00. The maximum absolute atomic E-state index is 10.9. The maximum atomic E-state index is 10.9. The SMILES string of the molecule is CC1CCc2c(sc3ncnc(SC(C)C(=O)[O-])c23)C1. The zero-order valence-corrected chi connectivity index (χ0v) is 13.0. The topological polar surface area (TPSA) is 65.9 Å². The van der Waals surface area contributed by atoms with Crippen molar-refractivity contribution in [1.29, 1.82) is 0 Å². The fraction of sp³-hybridized carbons (Fsp3) is 0.500. The van der Waals surface area contributed by atoms with Crippen LogP contribution in [0, 0.1) is 5.92 Å². The van der Waals surface area contributed by atoms with E-state index in [0.29, 0.717) is 5.92 Å². The van der Waals surface area contributed by atoms with Gasteiger partial charge in [-0.15, -0.1) is 11.3 Å². The van der Waals surface area contributed by atoms with Crippen LogP contribution >= 0.6 is 23.1 Å². The number of carbonyl (C=O) groups excluding carboxylic acids is 1. The van der Waals surface area contributed by atoms with Crippen molar-refractivity contribution >= 4 is 39.3 Å². The number of rotatable bonds is 3. The molecule has 0 aliphatic heterocycles. The third-order valence-corrected chi connectivity index (χ3v) is 5.92. The van der Waals surface area contributed by atoms with Crippen LogP contribution in [0.1, 0.15) is 30.7 Å². The van der Waals surface area contributed by atoms with E-state index in [1.54, 1.807) is 18.3 Å². The second kappa shape index (κ2) is 5.33. The van der Waals surface area contributed by atoms with E-state index in [9.17, 15) is 9.90 Å². The summed E-state index contributed by atoms with van der Waals surface area (Å²) in [6.45, 7) is 3.90. The average Bonchev–Trinajstić information content (AvgIpc) is 2.76. The summed E-state index contributed by atoms with van der Waals surface area (Å²) < 4.78 is 0. The van der Waals surface area contributed by atoms with Crippen LogP contribution in [0.15, 0.2) is 11.4 Å². The quantitative estimate of drug-likeness (QED) is 0.641. The summed E-state index contributed by atoms with van der Waals surface area (Å²) in [5.41, 5.74) is 1.33. The number of thiophene rings is 1. The molecule has 2 unspecified atom stereocenters. The molecule has 0 aromatic carbocycles. The van der Waals surface area contributed by atoms with E-state index in [1.807, 2.05) is 0 Å². The molecule has 6 heteroatoms. The molecule has 2 atom stereocenters. The van der Waals surface area contributed by atoms with Crippen LogP contribution in [-0.2, 0) is 17.6 Å². The second-order valence-corrected chi connectivity index (χ2v) is 7.70. The molecule has 3 rings (SSSR count). The number of fused-ring (bicyclic) bond motifs is 3. The predicted molar refractivity (Wildman–Crippen MR) is 78.9 cm³/mol. The summed E-state index contributed by atoms with van der Waals surface area (Å²) in [6.07, 6.45) is 4.83. The molecule has 2 aromatic heterocycles. The Morgan fingerprint density at radius 1 is 1.55 bits per heavy atom. The molecule has 2 aromatic rings. The molecular weight excluding hydrogens is 292 g/mol. The fourth-order valence-corrected chi connectivity index (χ4v) is 4.84. The Morgan fingerprint density at radius 2 is 2.35 bits per heavy atom. The number of hydrogen-bond acceptors (Lipinski definition) is 6. The molecule has 0 radical (unpaired) electrons. The summed E-state index contributed by atoms with van der Waals surface area (Å²) >= 11 is 2.98. The highest BCUT2D eigenvalue weighted by atomic mass is 32.2. The number of carboxylic acids is 1. The molecule has 0 spiro atoms. The molecule has 1 aliphatic carbocycles. The number of aliphatic carboxylic acids is 1. The van der Waals surface area contributed by atoms with Crippen LogP contribution in [0.5, 0.6) is 0 Å². The zero-order valence-electron chi connectivity index (χ0n) is 11.4. The first-order valence-electron chi connectivity index (χ1n) is 6.69. The summed E-state index contributed by atoms with van der Waals surface area (Å²) in [4.78, 5) is 22.0. The molecule has 0 bridgehead atoms. The Hall–Kier alpha value is -1.14. The minimum absolute atomic E-state index is 0.605. The van der Waals surface area contributed by atoms with E-state index < -0.39 is 11.2 Å². The lowest BCUT2D eigenvalue weighted by molar-refractivity contribution is -0.304. The van der Waals surface area contributed by atoms with E-state index in [-0.39, 0.29) is 0 Å². The fourth-order valence-electron chi connectivity index (χ4n) is 2.55. The van der Waals surface area contributed by atoms with Gasteiger partial charge in [-0.3, -0.25) is 0 Å². The molecule has 106 valence electrons. The number of aromatic nitrogens is 2. The molecule has 0 fully saturated rings. The molecule has 0 saturated heterocycles. The van der Waals surface area contributed by atoms with Crippen LogP contribution in [0.25, 0.3) is 10.2 Å². The molecule has 1 aliphatic rings. The standard InChI is InChI=1S/C14H16N2O2S2/c1-7-3-4-9-10(5-7)20-13-11(9)12(15-6-16-13)19-8(2)14(17)18/h6-8H,3-5H2,1-2H3,(H,17,18)/p-1. The third-order valence-electron chi connectivity index (χ3n) is 3.68. The lowest BCUT2D eigenvalue weighted by Gasteiger charge is -2.18. The van der Waals surface area contributed by atoms with E-state index in [4.69, 9.17) is 0 Å². The van der Waals surface area contributed by atoms with Gasteiger partial charge in [0, 0.05) is 15.5 Å². The molecule has 20 heavy (non-hydrogen) atoms. The number of carbonyl (C=O) groups is 1. The van der Waals surface area contributed by atoms with Crippen molar-refractivity contribution < 1.29 is 9.90 Å². The van der Waals surface area contributed by atoms with E-state index in [0.717, 1.165) is 28.1 Å². The number of nitrogens with zero attached hydrogens (tertiary/aromatic N) is 2. The van der Waals surface area contributed by atoms with Gasteiger partial charge in [0.2, 0.25) is 0 Å². The van der Waals surface area contributed by atoms with Crippen molar-refractivity contribution in [1.82, 2.24) is 9.97 Å². The summed E-state index contributed by atoms with van der Waals surface area (Å²) in [5.74, 6) is -0.346. The number of aryl methyl sites for hydroxylation is 1. The van der Waals surface area contributed by atoms with Crippen LogP contribution < -0.4 is 5.11 Å². The van der Waals surface area contributed by atoms with Gasteiger partial charge in [-0.05, 0) is 37.7 Å². The highest BCUT2D eigenvalue weighted by Gasteiger charge is 2.23. The minimum Gasteiger partial charge on any atom is -0.549 e. The second-order valence-electron chi connectivity index (χ2n) is 5.29. The first-order chi connectivity index (χ1) is 9.56. The first kappa shape index (κ1) is 13.8. The van der Waals surface area contributed by atoms with Crippen molar-refractivity contribution in [3.8, 4) is 0 Å². The number of carboxylic acid groups (broad SMARTS) is 1. The number of hydrogen-bond donors (Lipinski definition) is 0. The van der Waals surface area contributed by atoms with Gasteiger partial charge in [0.05, 0.1) is 5.97 Å². The summed E-state index contributed by atoms with van der Waals surface area (Å²) in [6, 6.07) is 0. The molecule has 0 N–H and O–H groups in total. The van der Waals surface area contributed by atoms with E-state index in [1.165, 1.54) is 35.0 Å². The smallest absolute Gasteiger partial charge is 0.128 e. The van der Waals surface area contributed by atoms with Crippen molar-refractivity contribution in [2.24, 2.45) is 5.92 Å². The van der Waals surface area contributed by atoms with Crippen LogP contribution in [0.4, 0.5) is 0 Å². The maximum Gasteiger partial charge on any atom is 0.128 e. The van der Waals surface area contributed by atoms with Crippen molar-refractivity contribution in [3.63, 3.8) is 0 Å². The van der Waals surface area contributed by atoms with Gasteiger partial charge < -0.3 is 9.90 Å². The van der Waals surface area contributed by atoms with Gasteiger partial charge in [0.1, 0.15) is 16.2 Å². The Balaban J connectivity index is 2.07. The van der Waals surface area contributed by atoms with Gasteiger partial charge in [0.25, 0.3) is 0 Å². The van der Waals surface area contributed by atoms with Gasteiger partial charge in [-0.1, -0.05) is 18.7 Å². The Bertz CT molecular complexity index is 668. The first-order valence-corrected chi connectivity index (χ1v) is 8.38. The van der Waals surface area contributed by atoms with Gasteiger partial charge in [0.15, 0.2) is 0 Å². The van der Waals surface area contributed by atoms with Crippen LogP contribution in [-0.4, -0.2) is 21.2 Å². The molecular formula is C14H15N2O2S2-. The van der Waals surface area contributed by atoms with E-state index in [2.05, 4.69) is 16.9 Å². The minimum atomic E-state index is -1.06. The lowest BCUT2D eigenvalue weighted by atomic mass is 9.89. The summed E-state index contributed by atoms with van der Waals surface area (Å²) in [7, 11) is 0. The average molecular weight is 307 g/mol. The largest absolute Gasteiger partial charge is 0.549 e. The third kappa shape index (κ3) is 2.42. The van der Waals surface area contributed by atoms with Gasteiger partial charge in [-0.25, -0.2) is 9.97 Å². The highest BCUT2D eigenvalue weighted by Crippen LogP contribution is 2.41. The van der Waals surface area contributed by atoms with Crippen LogP contribution in [0.3, 0.4) is 0 Å². The Labute approximate surface area is 125 Å². The predicted octanol–water partition coefficient (Wildman–Crippen LogP) is 2.05. The van der Waals surface area contributed by atoms with Crippen molar-refractivity contribution in [3.05, 3.63) is 16.8 Å². The lowest BCUT2D eigenvalue weighted by Crippen LogP contribution is -2.31. The molecule has 0 saturated carbocycles. The van der Waals surface area contributed by atoms with Crippen molar-refractivity contribution in [2.45, 2.75) is 43.4 Å². The van der Waals surface area contributed by atoms with Gasteiger partial charge >= 0.3 is 0 Å².